The summed E-state index contributed by atoms with van der Waals surface area (Å²) in [5.41, 5.74) is 2.62. The highest BCUT2D eigenvalue weighted by Gasteiger charge is 2.28. The number of nitrogens with zero attached hydrogens (tertiary/aromatic N) is 1. The lowest BCUT2D eigenvalue weighted by atomic mass is 9.88. The summed E-state index contributed by atoms with van der Waals surface area (Å²) in [6.45, 7) is 1.13. The van der Waals surface area contributed by atoms with Crippen LogP contribution in [-0.4, -0.2) is 24.7 Å². The molecule has 0 amide bonds. The van der Waals surface area contributed by atoms with Gasteiger partial charge in [-0.15, -0.1) is 0 Å². The molecule has 1 aliphatic heterocycles. The zero-order chi connectivity index (χ0) is 11.0. The molecule has 3 rings (SSSR count). The zero-order valence-electron chi connectivity index (χ0n) is 9.44. The molecule has 2 heterocycles. The molecule has 0 spiro atoms. The maximum Gasteiger partial charge on any atom is 0.137 e. The van der Waals surface area contributed by atoms with E-state index in [-0.39, 0.29) is 0 Å². The molecular weight excluding hydrogens is 200 g/mol. The zero-order valence-corrected chi connectivity index (χ0v) is 9.44. The monoisotopic (exact) mass is 216 g/mol. The number of rotatable bonds is 2. The van der Waals surface area contributed by atoms with E-state index in [9.17, 15) is 0 Å². The van der Waals surface area contributed by atoms with E-state index in [0.717, 1.165) is 18.7 Å². The minimum absolute atomic E-state index is 0.663. The van der Waals surface area contributed by atoms with E-state index in [2.05, 4.69) is 22.4 Å². The van der Waals surface area contributed by atoms with E-state index in [0.29, 0.717) is 12.0 Å². The molecule has 0 aromatic carbocycles. The Morgan fingerprint density at radius 3 is 3.19 bits per heavy atom. The first kappa shape index (κ1) is 9.85. The molecule has 2 bridgehead atoms. The maximum atomic E-state index is 5.21. The van der Waals surface area contributed by atoms with E-state index >= 15 is 0 Å². The average Bonchev–Trinajstić information content (AvgIpc) is 2.68. The molecule has 1 fully saturated rings. The predicted molar refractivity (Wildman–Crippen MR) is 63.3 cm³/mol. The van der Waals surface area contributed by atoms with Crippen molar-refractivity contribution in [2.75, 3.05) is 13.7 Å². The Labute approximate surface area is 95.5 Å². The lowest BCUT2D eigenvalue weighted by molar-refractivity contribution is 0.412. The fourth-order valence-electron chi connectivity index (χ4n) is 2.67. The summed E-state index contributed by atoms with van der Waals surface area (Å²) >= 11 is 0. The van der Waals surface area contributed by atoms with Crippen LogP contribution < -0.4 is 10.1 Å². The maximum absolute atomic E-state index is 5.21. The van der Waals surface area contributed by atoms with Crippen molar-refractivity contribution in [1.82, 2.24) is 10.3 Å². The van der Waals surface area contributed by atoms with Gasteiger partial charge < -0.3 is 10.1 Å². The van der Waals surface area contributed by atoms with Gasteiger partial charge in [-0.2, -0.15) is 0 Å². The van der Waals surface area contributed by atoms with Crippen LogP contribution in [0, 0.1) is 5.92 Å². The van der Waals surface area contributed by atoms with E-state index < -0.39 is 0 Å². The number of ether oxygens (including phenoxy) is 1. The average molecular weight is 216 g/mol. The van der Waals surface area contributed by atoms with Gasteiger partial charge in [0.15, 0.2) is 0 Å². The molecule has 2 atom stereocenters. The van der Waals surface area contributed by atoms with Gasteiger partial charge in [0.05, 0.1) is 13.3 Å². The fraction of sp³-hybridized carbons (Fsp3) is 0.462. The number of hydrogen-bond acceptors (Lipinski definition) is 3. The number of nitrogens with one attached hydrogen (secondary N) is 1. The molecule has 1 aromatic rings. The van der Waals surface area contributed by atoms with Gasteiger partial charge in [-0.25, -0.2) is 0 Å². The third kappa shape index (κ3) is 1.71. The third-order valence-electron chi connectivity index (χ3n) is 3.48. The molecule has 3 heteroatoms. The van der Waals surface area contributed by atoms with Gasteiger partial charge in [-0.3, -0.25) is 4.98 Å². The van der Waals surface area contributed by atoms with Crippen molar-refractivity contribution in [3.63, 3.8) is 0 Å². The number of methoxy groups -OCH3 is 1. The Bertz CT molecular complexity index is 428. The summed E-state index contributed by atoms with van der Waals surface area (Å²) in [5, 5.41) is 3.54. The van der Waals surface area contributed by atoms with Gasteiger partial charge in [0.25, 0.3) is 0 Å². The largest absolute Gasteiger partial charge is 0.495 e. The smallest absolute Gasteiger partial charge is 0.137 e. The SMILES string of the molecule is COc1cncc(C2=CC3CNC(C2)C3)c1. The minimum atomic E-state index is 0.663. The van der Waals surface area contributed by atoms with Crippen molar-refractivity contribution >= 4 is 5.57 Å². The van der Waals surface area contributed by atoms with Crippen molar-refractivity contribution in [1.29, 1.82) is 0 Å². The third-order valence-corrected chi connectivity index (χ3v) is 3.48. The number of hydrogen-bond donors (Lipinski definition) is 1. The van der Waals surface area contributed by atoms with Crippen molar-refractivity contribution in [3.8, 4) is 5.75 Å². The first-order valence-corrected chi connectivity index (χ1v) is 5.78. The summed E-state index contributed by atoms with van der Waals surface area (Å²) in [4.78, 5) is 4.21. The highest BCUT2D eigenvalue weighted by Crippen LogP contribution is 2.34. The number of fused-ring (bicyclic) bond motifs is 2. The van der Waals surface area contributed by atoms with Gasteiger partial charge >= 0.3 is 0 Å². The molecule has 1 saturated heterocycles. The van der Waals surface area contributed by atoms with Crippen LogP contribution in [0.4, 0.5) is 0 Å². The second-order valence-corrected chi connectivity index (χ2v) is 4.61. The lowest BCUT2D eigenvalue weighted by Crippen LogP contribution is -2.21. The molecule has 1 N–H and O–H groups in total. The summed E-state index contributed by atoms with van der Waals surface area (Å²) in [6, 6.07) is 2.74. The number of pyridine rings is 1. The molecule has 2 aliphatic rings. The summed E-state index contributed by atoms with van der Waals surface area (Å²) < 4.78 is 5.21. The van der Waals surface area contributed by atoms with Crippen LogP contribution in [0.25, 0.3) is 5.57 Å². The van der Waals surface area contributed by atoms with Gasteiger partial charge in [-0.1, -0.05) is 6.08 Å². The van der Waals surface area contributed by atoms with Gasteiger partial charge in [0.1, 0.15) is 5.75 Å². The topological polar surface area (TPSA) is 34.1 Å². The van der Waals surface area contributed by atoms with Crippen LogP contribution in [0.5, 0.6) is 5.75 Å². The van der Waals surface area contributed by atoms with Crippen LogP contribution in [0.15, 0.2) is 24.5 Å². The van der Waals surface area contributed by atoms with Crippen LogP contribution in [-0.2, 0) is 0 Å². The molecule has 3 nitrogen and oxygen atoms in total. The molecule has 1 aliphatic carbocycles. The highest BCUT2D eigenvalue weighted by atomic mass is 16.5. The molecular formula is C13H16N2O. The second-order valence-electron chi connectivity index (χ2n) is 4.61. The number of aromatic nitrogens is 1. The standard InChI is InChI=1S/C13H16N2O/c1-16-13-5-11(7-14-8-13)10-2-9-3-12(4-10)15-6-9/h2,5,7-9,12,15H,3-4,6H2,1H3. The Hall–Kier alpha value is -1.35. The van der Waals surface area contributed by atoms with Crippen molar-refractivity contribution in [2.24, 2.45) is 5.92 Å². The highest BCUT2D eigenvalue weighted by molar-refractivity contribution is 5.67. The molecule has 0 saturated carbocycles. The predicted octanol–water partition coefficient (Wildman–Crippen LogP) is 1.86. The summed E-state index contributed by atoms with van der Waals surface area (Å²) in [7, 11) is 1.68. The van der Waals surface area contributed by atoms with Crippen LogP contribution in [0.1, 0.15) is 18.4 Å². The molecule has 84 valence electrons. The first-order chi connectivity index (χ1) is 7.85. The van der Waals surface area contributed by atoms with E-state index in [1.807, 2.05) is 6.20 Å². The van der Waals surface area contributed by atoms with Gasteiger partial charge in [0, 0.05) is 18.8 Å². The van der Waals surface area contributed by atoms with Crippen LogP contribution >= 0.6 is 0 Å². The van der Waals surface area contributed by atoms with Crippen molar-refractivity contribution < 1.29 is 4.74 Å². The minimum Gasteiger partial charge on any atom is -0.495 e. The van der Waals surface area contributed by atoms with Crippen molar-refractivity contribution in [3.05, 3.63) is 30.1 Å². The van der Waals surface area contributed by atoms with E-state index in [4.69, 9.17) is 4.74 Å². The Morgan fingerprint density at radius 2 is 2.38 bits per heavy atom. The van der Waals surface area contributed by atoms with Gasteiger partial charge in [0.2, 0.25) is 0 Å². The van der Waals surface area contributed by atoms with Gasteiger partial charge in [-0.05, 0) is 36.0 Å². The Kier molecular flexibility index (Phi) is 2.40. The molecule has 2 unspecified atom stereocenters. The molecule has 16 heavy (non-hydrogen) atoms. The fourth-order valence-corrected chi connectivity index (χ4v) is 2.67. The molecule has 0 radical (unpaired) electrons. The Balaban J connectivity index is 1.91. The summed E-state index contributed by atoms with van der Waals surface area (Å²) in [5.74, 6) is 1.55. The summed E-state index contributed by atoms with van der Waals surface area (Å²) in [6.07, 6.45) is 8.48. The normalized spacial score (nSPS) is 27.7. The quantitative estimate of drug-likeness (QED) is 0.819. The van der Waals surface area contributed by atoms with Crippen LogP contribution in [0.3, 0.4) is 0 Å². The molecule has 1 aromatic heterocycles. The van der Waals surface area contributed by atoms with Crippen molar-refractivity contribution in [2.45, 2.75) is 18.9 Å². The van der Waals surface area contributed by atoms with E-state index in [1.165, 1.54) is 17.6 Å². The lowest BCUT2D eigenvalue weighted by Gasteiger charge is -2.19. The first-order valence-electron chi connectivity index (χ1n) is 5.78. The van der Waals surface area contributed by atoms with E-state index in [1.54, 1.807) is 13.3 Å². The van der Waals surface area contributed by atoms with Crippen LogP contribution in [0.2, 0.25) is 0 Å². The second kappa shape index (κ2) is 3.91. The Morgan fingerprint density at radius 1 is 1.44 bits per heavy atom.